The van der Waals surface area contributed by atoms with Crippen LogP contribution in [0, 0.1) is 17.8 Å². The van der Waals surface area contributed by atoms with Crippen LogP contribution < -0.4 is 5.32 Å². The quantitative estimate of drug-likeness (QED) is 0.600. The molecule has 1 nitrogen and oxygen atoms in total. The zero-order valence-electron chi connectivity index (χ0n) is 13.2. The Morgan fingerprint density at radius 2 is 1.83 bits per heavy atom. The number of unbranched alkanes of at least 4 members (excludes halogenated alkanes) is 2. The molecule has 0 spiro atoms. The van der Waals surface area contributed by atoms with Gasteiger partial charge < -0.3 is 5.32 Å². The third kappa shape index (κ3) is 5.30. The van der Waals surface area contributed by atoms with Gasteiger partial charge in [-0.15, -0.1) is 0 Å². The summed E-state index contributed by atoms with van der Waals surface area (Å²) in [4.78, 5) is 0. The second kappa shape index (κ2) is 8.96. The smallest absolute Gasteiger partial charge is 0.00955 e. The number of rotatable bonds is 8. The predicted molar refractivity (Wildman–Crippen MR) is 81.9 cm³/mol. The second-order valence-corrected chi connectivity index (χ2v) is 6.63. The highest BCUT2D eigenvalue weighted by Gasteiger charge is 2.30. The molecule has 18 heavy (non-hydrogen) atoms. The molecule has 0 amide bonds. The summed E-state index contributed by atoms with van der Waals surface area (Å²) in [6, 6.07) is 0.816. The Kier molecular flexibility index (Phi) is 7.97. The number of hydrogen-bond donors (Lipinski definition) is 1. The number of hydrogen-bond acceptors (Lipinski definition) is 1. The van der Waals surface area contributed by atoms with Crippen molar-refractivity contribution in [2.24, 2.45) is 17.8 Å². The van der Waals surface area contributed by atoms with Crippen molar-refractivity contribution in [2.75, 3.05) is 6.54 Å². The normalized spacial score (nSPS) is 28.8. The topological polar surface area (TPSA) is 12.0 Å². The third-order valence-corrected chi connectivity index (χ3v) is 4.80. The fourth-order valence-corrected chi connectivity index (χ4v) is 3.48. The largest absolute Gasteiger partial charge is 0.314 e. The van der Waals surface area contributed by atoms with E-state index in [0.29, 0.717) is 0 Å². The average Bonchev–Trinajstić information content (AvgIpc) is 2.37. The zero-order valence-corrected chi connectivity index (χ0v) is 13.2. The Balaban J connectivity index is 2.44. The Bertz CT molecular complexity index is 200. The van der Waals surface area contributed by atoms with Crippen LogP contribution >= 0.6 is 0 Å². The lowest BCUT2D eigenvalue weighted by molar-refractivity contribution is 0.158. The summed E-state index contributed by atoms with van der Waals surface area (Å²) in [5, 5.41) is 3.81. The van der Waals surface area contributed by atoms with Crippen molar-refractivity contribution < 1.29 is 0 Å². The highest BCUT2D eigenvalue weighted by Crippen LogP contribution is 2.36. The van der Waals surface area contributed by atoms with Crippen molar-refractivity contribution in [3.05, 3.63) is 0 Å². The van der Waals surface area contributed by atoms with E-state index in [2.05, 4.69) is 33.0 Å². The Labute approximate surface area is 115 Å². The summed E-state index contributed by atoms with van der Waals surface area (Å²) >= 11 is 0. The first-order chi connectivity index (χ1) is 8.69. The molecule has 0 aliphatic heterocycles. The van der Waals surface area contributed by atoms with Crippen LogP contribution in [-0.2, 0) is 0 Å². The van der Waals surface area contributed by atoms with E-state index in [-0.39, 0.29) is 0 Å². The third-order valence-electron chi connectivity index (χ3n) is 4.80. The van der Waals surface area contributed by atoms with E-state index >= 15 is 0 Å². The van der Waals surface area contributed by atoms with E-state index in [4.69, 9.17) is 0 Å². The standard InChI is InChI=1S/C17H35N/c1-5-7-8-9-16-13-15(14(3)4)10-11-17(16)18-12-6-2/h14-18H,5-13H2,1-4H3. The lowest BCUT2D eigenvalue weighted by Gasteiger charge is -2.38. The highest BCUT2D eigenvalue weighted by molar-refractivity contribution is 4.85. The maximum atomic E-state index is 3.81. The van der Waals surface area contributed by atoms with Crippen molar-refractivity contribution in [1.82, 2.24) is 5.32 Å². The first-order valence-corrected chi connectivity index (χ1v) is 8.42. The van der Waals surface area contributed by atoms with E-state index in [1.54, 1.807) is 0 Å². The van der Waals surface area contributed by atoms with Gasteiger partial charge in [0.15, 0.2) is 0 Å². The molecule has 0 saturated heterocycles. The van der Waals surface area contributed by atoms with Gasteiger partial charge in [-0.25, -0.2) is 0 Å². The molecule has 3 atom stereocenters. The zero-order chi connectivity index (χ0) is 13.4. The molecular weight excluding hydrogens is 218 g/mol. The molecule has 3 unspecified atom stereocenters. The van der Waals surface area contributed by atoms with Gasteiger partial charge >= 0.3 is 0 Å². The van der Waals surface area contributed by atoms with Gasteiger partial charge in [0.2, 0.25) is 0 Å². The molecule has 108 valence electrons. The average molecular weight is 253 g/mol. The van der Waals surface area contributed by atoms with E-state index in [0.717, 1.165) is 23.8 Å². The van der Waals surface area contributed by atoms with E-state index in [9.17, 15) is 0 Å². The van der Waals surface area contributed by atoms with Gasteiger partial charge in [0, 0.05) is 6.04 Å². The maximum absolute atomic E-state index is 3.81. The second-order valence-electron chi connectivity index (χ2n) is 6.63. The van der Waals surface area contributed by atoms with Gasteiger partial charge in [-0.1, -0.05) is 47.0 Å². The van der Waals surface area contributed by atoms with Crippen LogP contribution in [0.15, 0.2) is 0 Å². The van der Waals surface area contributed by atoms with Gasteiger partial charge in [0.1, 0.15) is 0 Å². The Morgan fingerprint density at radius 3 is 2.44 bits per heavy atom. The van der Waals surface area contributed by atoms with Gasteiger partial charge in [-0.05, 0) is 56.4 Å². The summed E-state index contributed by atoms with van der Waals surface area (Å²) in [7, 11) is 0. The maximum Gasteiger partial charge on any atom is 0.00955 e. The van der Waals surface area contributed by atoms with Crippen molar-refractivity contribution >= 4 is 0 Å². The van der Waals surface area contributed by atoms with Crippen LogP contribution in [-0.4, -0.2) is 12.6 Å². The van der Waals surface area contributed by atoms with Crippen LogP contribution in [0.25, 0.3) is 0 Å². The molecule has 1 aliphatic carbocycles. The fourth-order valence-electron chi connectivity index (χ4n) is 3.48. The Morgan fingerprint density at radius 1 is 1.06 bits per heavy atom. The summed E-state index contributed by atoms with van der Waals surface area (Å²) in [5.74, 6) is 2.81. The summed E-state index contributed by atoms with van der Waals surface area (Å²) in [6.07, 6.45) is 11.3. The SMILES string of the molecule is CCCCCC1CC(C(C)C)CCC1NCCC. The minimum atomic E-state index is 0.816. The van der Waals surface area contributed by atoms with Gasteiger partial charge in [-0.3, -0.25) is 0 Å². The molecule has 1 aliphatic rings. The lowest BCUT2D eigenvalue weighted by Crippen LogP contribution is -2.41. The van der Waals surface area contributed by atoms with Crippen LogP contribution in [0.4, 0.5) is 0 Å². The van der Waals surface area contributed by atoms with Crippen LogP contribution in [0.5, 0.6) is 0 Å². The summed E-state index contributed by atoms with van der Waals surface area (Å²) in [6.45, 7) is 10.6. The minimum Gasteiger partial charge on any atom is -0.314 e. The predicted octanol–water partition coefficient (Wildman–Crippen LogP) is 5.01. The van der Waals surface area contributed by atoms with Crippen molar-refractivity contribution in [3.63, 3.8) is 0 Å². The molecule has 0 aromatic rings. The number of nitrogens with one attached hydrogen (secondary N) is 1. The molecular formula is C17H35N. The molecule has 1 fully saturated rings. The lowest BCUT2D eigenvalue weighted by atomic mass is 9.72. The monoisotopic (exact) mass is 253 g/mol. The molecule has 1 saturated carbocycles. The molecule has 0 aromatic carbocycles. The van der Waals surface area contributed by atoms with Gasteiger partial charge in [0.25, 0.3) is 0 Å². The van der Waals surface area contributed by atoms with E-state index in [1.165, 1.54) is 57.9 Å². The van der Waals surface area contributed by atoms with Crippen molar-refractivity contribution in [1.29, 1.82) is 0 Å². The van der Waals surface area contributed by atoms with E-state index < -0.39 is 0 Å². The van der Waals surface area contributed by atoms with Crippen molar-refractivity contribution in [2.45, 2.75) is 85.1 Å². The highest BCUT2D eigenvalue weighted by atomic mass is 14.9. The first-order valence-electron chi connectivity index (χ1n) is 8.42. The summed E-state index contributed by atoms with van der Waals surface area (Å²) in [5.41, 5.74) is 0. The first kappa shape index (κ1) is 16.0. The van der Waals surface area contributed by atoms with Crippen molar-refractivity contribution in [3.8, 4) is 0 Å². The molecule has 0 heterocycles. The Hall–Kier alpha value is -0.0400. The van der Waals surface area contributed by atoms with Crippen LogP contribution in [0.2, 0.25) is 0 Å². The molecule has 1 heteroatoms. The molecule has 0 radical (unpaired) electrons. The molecule has 1 N–H and O–H groups in total. The molecule has 0 bridgehead atoms. The summed E-state index contributed by atoms with van der Waals surface area (Å²) < 4.78 is 0. The van der Waals surface area contributed by atoms with Gasteiger partial charge in [-0.2, -0.15) is 0 Å². The van der Waals surface area contributed by atoms with Gasteiger partial charge in [0.05, 0.1) is 0 Å². The fraction of sp³-hybridized carbons (Fsp3) is 1.00. The van der Waals surface area contributed by atoms with Crippen LogP contribution in [0.3, 0.4) is 0 Å². The van der Waals surface area contributed by atoms with E-state index in [1.807, 2.05) is 0 Å². The van der Waals surface area contributed by atoms with Crippen LogP contribution in [0.1, 0.15) is 79.1 Å². The minimum absolute atomic E-state index is 0.816. The molecule has 1 rings (SSSR count). The molecule has 0 aromatic heterocycles.